The summed E-state index contributed by atoms with van der Waals surface area (Å²) in [6.07, 6.45) is 1.79. The average molecular weight is 522 g/mol. The Balaban J connectivity index is 1.87. The van der Waals surface area contributed by atoms with E-state index < -0.39 is 0 Å². The third-order valence-corrected chi connectivity index (χ3v) is 6.33. The monoisotopic (exact) mass is 522 g/mol. The molecule has 1 amide bonds. The summed E-state index contributed by atoms with van der Waals surface area (Å²) >= 11 is 8.61. The van der Waals surface area contributed by atoms with Crippen molar-refractivity contribution in [3.8, 4) is 17.6 Å². The molecular weight excluding hydrogens is 507 g/mol. The van der Waals surface area contributed by atoms with Gasteiger partial charge < -0.3 is 9.47 Å². The van der Waals surface area contributed by atoms with Crippen molar-refractivity contribution in [2.75, 3.05) is 14.2 Å². The zero-order valence-electron chi connectivity index (χ0n) is 15.1. The van der Waals surface area contributed by atoms with Crippen molar-refractivity contribution in [1.29, 1.82) is 5.26 Å². The lowest BCUT2D eigenvalue weighted by atomic mass is 10.1. The third kappa shape index (κ3) is 4.32. The molecule has 0 atom stereocenters. The first-order chi connectivity index (χ1) is 13.4. The molecule has 0 unspecified atom stereocenters. The van der Waals surface area contributed by atoms with Gasteiger partial charge in [-0.15, -0.1) is 0 Å². The normalized spacial score (nSPS) is 15.1. The number of methoxy groups -OCH3 is 1. The number of amides is 1. The zero-order valence-corrected chi connectivity index (χ0v) is 18.9. The number of nitriles is 1. The van der Waals surface area contributed by atoms with Crippen LogP contribution in [-0.2, 0) is 11.4 Å². The third-order valence-electron chi connectivity index (χ3n) is 4.05. The maximum absolute atomic E-state index is 12.2. The highest BCUT2D eigenvalue weighted by Crippen LogP contribution is 2.37. The van der Waals surface area contributed by atoms with Crippen LogP contribution in [-0.4, -0.2) is 29.3 Å². The standard InChI is InChI=1S/C20H15IN2O3S2/c1-23-19(24)17(28-20(23)27)9-12-7-15(21)18(16(8-12)25-2)26-11-14-6-4-3-5-13(14)10-22/h3-9H,11H2,1-2H3/b17-9-. The predicted molar refractivity (Wildman–Crippen MR) is 122 cm³/mol. The van der Waals surface area contributed by atoms with Gasteiger partial charge >= 0.3 is 0 Å². The number of nitrogens with zero attached hydrogens (tertiary/aromatic N) is 2. The van der Waals surface area contributed by atoms with E-state index in [1.165, 1.54) is 16.7 Å². The van der Waals surface area contributed by atoms with Crippen molar-refractivity contribution in [2.45, 2.75) is 6.61 Å². The number of hydrogen-bond donors (Lipinski definition) is 0. The molecule has 0 spiro atoms. The highest BCUT2D eigenvalue weighted by Gasteiger charge is 2.28. The topological polar surface area (TPSA) is 62.6 Å². The molecule has 2 aromatic rings. The Morgan fingerprint density at radius 1 is 1.36 bits per heavy atom. The first-order valence-corrected chi connectivity index (χ1v) is 10.4. The van der Waals surface area contributed by atoms with Crippen molar-refractivity contribution in [3.05, 3.63) is 61.6 Å². The molecule has 1 saturated heterocycles. The number of ether oxygens (including phenoxy) is 2. The molecule has 142 valence electrons. The van der Waals surface area contributed by atoms with E-state index >= 15 is 0 Å². The van der Waals surface area contributed by atoms with Crippen molar-refractivity contribution < 1.29 is 14.3 Å². The fourth-order valence-corrected chi connectivity index (χ4v) is 4.53. The van der Waals surface area contributed by atoms with E-state index in [2.05, 4.69) is 28.7 Å². The number of rotatable bonds is 5. The summed E-state index contributed by atoms with van der Waals surface area (Å²) in [6, 6.07) is 13.2. The molecule has 0 N–H and O–H groups in total. The minimum Gasteiger partial charge on any atom is -0.493 e. The number of carbonyl (C=O) groups excluding carboxylic acids is 1. The van der Waals surface area contributed by atoms with Crippen LogP contribution in [0.1, 0.15) is 16.7 Å². The highest BCUT2D eigenvalue weighted by molar-refractivity contribution is 14.1. The first-order valence-electron chi connectivity index (χ1n) is 8.14. The van der Waals surface area contributed by atoms with Crippen LogP contribution in [0.3, 0.4) is 0 Å². The zero-order chi connectivity index (χ0) is 20.3. The van der Waals surface area contributed by atoms with Crippen LogP contribution in [0.15, 0.2) is 41.3 Å². The van der Waals surface area contributed by atoms with Gasteiger partial charge in [-0.3, -0.25) is 9.69 Å². The Labute approximate surface area is 186 Å². The lowest BCUT2D eigenvalue weighted by Gasteiger charge is -2.14. The second-order valence-corrected chi connectivity index (χ2v) is 8.67. The Kier molecular flexibility index (Phi) is 6.59. The molecule has 8 heteroatoms. The number of hydrogen-bond acceptors (Lipinski definition) is 6. The summed E-state index contributed by atoms with van der Waals surface area (Å²) in [6.45, 7) is 0.254. The maximum Gasteiger partial charge on any atom is 0.265 e. The fourth-order valence-electron chi connectivity index (χ4n) is 2.57. The van der Waals surface area contributed by atoms with Crippen LogP contribution in [0.4, 0.5) is 0 Å². The van der Waals surface area contributed by atoms with Crippen LogP contribution in [0.25, 0.3) is 6.08 Å². The summed E-state index contributed by atoms with van der Waals surface area (Å²) < 4.78 is 12.8. The van der Waals surface area contributed by atoms with E-state index in [-0.39, 0.29) is 12.5 Å². The van der Waals surface area contributed by atoms with Crippen LogP contribution >= 0.6 is 46.6 Å². The average Bonchev–Trinajstić information content (AvgIpc) is 2.93. The molecule has 0 aliphatic carbocycles. The van der Waals surface area contributed by atoms with Crippen LogP contribution < -0.4 is 9.47 Å². The molecule has 0 aromatic heterocycles. The van der Waals surface area contributed by atoms with Crippen molar-refractivity contribution in [3.63, 3.8) is 0 Å². The summed E-state index contributed by atoms with van der Waals surface area (Å²) in [5, 5.41) is 9.22. The second kappa shape index (κ2) is 8.94. The van der Waals surface area contributed by atoms with E-state index in [0.29, 0.717) is 26.3 Å². The van der Waals surface area contributed by atoms with Crippen LogP contribution in [0.2, 0.25) is 0 Å². The number of carbonyl (C=O) groups is 1. The van der Waals surface area contributed by atoms with Crippen LogP contribution in [0.5, 0.6) is 11.5 Å². The van der Waals surface area contributed by atoms with Gasteiger partial charge in [0.1, 0.15) is 10.9 Å². The van der Waals surface area contributed by atoms with Crippen LogP contribution in [0, 0.1) is 14.9 Å². The summed E-state index contributed by atoms with van der Waals surface area (Å²) in [5.74, 6) is 1.04. The summed E-state index contributed by atoms with van der Waals surface area (Å²) in [7, 11) is 3.23. The molecule has 1 heterocycles. The summed E-state index contributed by atoms with van der Waals surface area (Å²) in [5.41, 5.74) is 2.20. The number of thiocarbonyl (C=S) groups is 1. The van der Waals surface area contributed by atoms with Gasteiger partial charge in [0.15, 0.2) is 11.5 Å². The molecule has 1 fully saturated rings. The van der Waals surface area contributed by atoms with E-state index in [1.54, 1.807) is 26.3 Å². The SMILES string of the molecule is COc1cc(/C=C2\SC(=S)N(C)C2=O)cc(I)c1OCc1ccccc1C#N. The largest absolute Gasteiger partial charge is 0.493 e. The Bertz CT molecular complexity index is 1030. The fraction of sp³-hybridized carbons (Fsp3) is 0.150. The van der Waals surface area contributed by atoms with Gasteiger partial charge in [0.2, 0.25) is 0 Å². The number of benzene rings is 2. The quantitative estimate of drug-likeness (QED) is 0.326. The Hall–Kier alpha value is -2.09. The molecule has 0 radical (unpaired) electrons. The van der Waals surface area contributed by atoms with Gasteiger partial charge in [0, 0.05) is 12.6 Å². The molecule has 0 saturated carbocycles. The minimum absolute atomic E-state index is 0.114. The van der Waals surface area contributed by atoms with Crippen molar-refractivity contribution in [2.24, 2.45) is 0 Å². The molecular formula is C20H15IN2O3S2. The highest BCUT2D eigenvalue weighted by atomic mass is 127. The predicted octanol–water partition coefficient (Wildman–Crippen LogP) is 4.58. The van der Waals surface area contributed by atoms with E-state index in [9.17, 15) is 10.1 Å². The lowest BCUT2D eigenvalue weighted by molar-refractivity contribution is -0.121. The minimum atomic E-state index is -0.114. The second-order valence-electron chi connectivity index (χ2n) is 5.83. The van der Waals surface area contributed by atoms with Gasteiger partial charge in [0.05, 0.1) is 27.2 Å². The number of likely N-dealkylation sites (N-methyl/N-ethyl adjacent to an activating group) is 1. The van der Waals surface area contributed by atoms with Crippen molar-refractivity contribution in [1.82, 2.24) is 4.90 Å². The molecule has 1 aliphatic rings. The molecule has 28 heavy (non-hydrogen) atoms. The van der Waals surface area contributed by atoms with E-state index in [4.69, 9.17) is 21.7 Å². The van der Waals surface area contributed by atoms with Gasteiger partial charge in [0.25, 0.3) is 5.91 Å². The summed E-state index contributed by atoms with van der Waals surface area (Å²) in [4.78, 5) is 14.2. The van der Waals surface area contributed by atoms with Gasteiger partial charge in [-0.2, -0.15) is 5.26 Å². The maximum atomic E-state index is 12.2. The van der Waals surface area contributed by atoms with Gasteiger partial charge in [-0.1, -0.05) is 42.2 Å². The van der Waals surface area contributed by atoms with Crippen molar-refractivity contribution >= 4 is 62.9 Å². The molecule has 5 nitrogen and oxygen atoms in total. The first kappa shape index (κ1) is 20.6. The smallest absolute Gasteiger partial charge is 0.265 e. The van der Waals surface area contributed by atoms with E-state index in [0.717, 1.165) is 14.7 Å². The molecule has 3 rings (SSSR count). The molecule has 0 bridgehead atoms. The van der Waals surface area contributed by atoms with Gasteiger partial charge in [-0.25, -0.2) is 0 Å². The Morgan fingerprint density at radius 2 is 2.11 bits per heavy atom. The van der Waals surface area contributed by atoms with Gasteiger partial charge in [-0.05, 0) is 52.4 Å². The van der Waals surface area contributed by atoms with E-state index in [1.807, 2.05) is 30.3 Å². The number of halogens is 1. The Morgan fingerprint density at radius 3 is 2.75 bits per heavy atom. The lowest BCUT2D eigenvalue weighted by Crippen LogP contribution is -2.22. The molecule has 2 aromatic carbocycles. The number of thioether (sulfide) groups is 1. The molecule has 1 aliphatic heterocycles.